The summed E-state index contributed by atoms with van der Waals surface area (Å²) in [6.07, 6.45) is 7.34. The van der Waals surface area contributed by atoms with E-state index in [1.54, 1.807) is 17.1 Å². The van der Waals surface area contributed by atoms with E-state index in [2.05, 4.69) is 30.0 Å². The highest BCUT2D eigenvalue weighted by molar-refractivity contribution is 5.58. The van der Waals surface area contributed by atoms with Gasteiger partial charge in [-0.15, -0.1) is 0 Å². The lowest BCUT2D eigenvalue weighted by Crippen LogP contribution is -2.46. The van der Waals surface area contributed by atoms with Crippen molar-refractivity contribution in [3.05, 3.63) is 36.5 Å². The van der Waals surface area contributed by atoms with Gasteiger partial charge in [-0.3, -0.25) is 14.6 Å². The smallest absolute Gasteiger partial charge is 0.223 e. The van der Waals surface area contributed by atoms with E-state index in [9.17, 15) is 0 Å². The van der Waals surface area contributed by atoms with Crippen LogP contribution in [0.2, 0.25) is 0 Å². The van der Waals surface area contributed by atoms with Gasteiger partial charge in [0.2, 0.25) is 5.89 Å². The van der Waals surface area contributed by atoms with Crippen molar-refractivity contribution in [2.24, 2.45) is 7.05 Å². The summed E-state index contributed by atoms with van der Waals surface area (Å²) in [6.45, 7) is 6.15. The molecule has 0 radical (unpaired) electrons. The van der Waals surface area contributed by atoms with Crippen molar-refractivity contribution >= 4 is 5.82 Å². The predicted molar refractivity (Wildman–Crippen MR) is 90.8 cm³/mol. The van der Waals surface area contributed by atoms with Crippen LogP contribution >= 0.6 is 0 Å². The minimum Gasteiger partial charge on any atom is -0.353 e. The minimum atomic E-state index is 0.608. The van der Waals surface area contributed by atoms with Gasteiger partial charge in [-0.25, -0.2) is 4.98 Å². The lowest BCUT2D eigenvalue weighted by molar-refractivity contribution is 0.239. The Kier molecular flexibility index (Phi) is 4.14. The van der Waals surface area contributed by atoms with Crippen LogP contribution in [0.25, 0.3) is 11.3 Å². The Morgan fingerprint density at radius 3 is 2.60 bits per heavy atom. The largest absolute Gasteiger partial charge is 0.353 e. The third-order valence-electron chi connectivity index (χ3n) is 4.25. The Hall–Kier alpha value is -2.81. The predicted octanol–water partition coefficient (Wildman–Crippen LogP) is 0.891. The Morgan fingerprint density at radius 1 is 1.08 bits per heavy atom. The molecule has 3 aromatic rings. The first-order valence-corrected chi connectivity index (χ1v) is 8.25. The molecule has 1 saturated heterocycles. The molecule has 0 aromatic carbocycles. The third-order valence-corrected chi connectivity index (χ3v) is 4.25. The maximum atomic E-state index is 5.03. The molecule has 4 rings (SSSR count). The van der Waals surface area contributed by atoms with Gasteiger partial charge < -0.3 is 9.42 Å². The second-order valence-electron chi connectivity index (χ2n) is 6.16. The summed E-state index contributed by atoms with van der Waals surface area (Å²) in [6, 6.07) is 0. The zero-order chi connectivity index (χ0) is 17.2. The molecule has 0 unspecified atom stereocenters. The van der Waals surface area contributed by atoms with E-state index >= 15 is 0 Å². The molecule has 9 heteroatoms. The highest BCUT2D eigenvalue weighted by atomic mass is 16.5. The van der Waals surface area contributed by atoms with Crippen molar-refractivity contribution in [3.8, 4) is 11.3 Å². The van der Waals surface area contributed by atoms with Gasteiger partial charge in [0.15, 0.2) is 5.82 Å². The topological polar surface area (TPSA) is 89.0 Å². The molecule has 0 atom stereocenters. The first-order valence-electron chi connectivity index (χ1n) is 8.25. The van der Waals surface area contributed by atoms with Gasteiger partial charge in [-0.05, 0) is 0 Å². The zero-order valence-electron chi connectivity index (χ0n) is 14.3. The number of aromatic nitrogens is 6. The maximum Gasteiger partial charge on any atom is 0.223 e. The molecule has 1 aliphatic rings. The summed E-state index contributed by atoms with van der Waals surface area (Å²) in [5, 5.41) is 8.16. The molecule has 0 aliphatic carbocycles. The van der Waals surface area contributed by atoms with Gasteiger partial charge in [0.1, 0.15) is 5.82 Å². The Bertz CT molecular complexity index is 849. The maximum absolute atomic E-state index is 5.03. The van der Waals surface area contributed by atoms with Crippen molar-refractivity contribution in [2.75, 3.05) is 31.1 Å². The van der Waals surface area contributed by atoms with Gasteiger partial charge in [-0.2, -0.15) is 10.1 Å². The van der Waals surface area contributed by atoms with E-state index in [0.29, 0.717) is 12.4 Å². The quantitative estimate of drug-likeness (QED) is 0.692. The van der Waals surface area contributed by atoms with Crippen molar-refractivity contribution in [1.29, 1.82) is 0 Å². The number of anilines is 1. The molecule has 4 heterocycles. The second kappa shape index (κ2) is 6.60. The van der Waals surface area contributed by atoms with Crippen molar-refractivity contribution in [3.63, 3.8) is 0 Å². The Labute approximate surface area is 145 Å². The van der Waals surface area contributed by atoms with Gasteiger partial charge in [-0.1, -0.05) is 5.16 Å². The van der Waals surface area contributed by atoms with Crippen LogP contribution in [0, 0.1) is 6.92 Å². The highest BCUT2D eigenvalue weighted by Crippen LogP contribution is 2.20. The van der Waals surface area contributed by atoms with E-state index in [4.69, 9.17) is 9.51 Å². The molecule has 0 amide bonds. The Morgan fingerprint density at radius 2 is 1.92 bits per heavy atom. The fourth-order valence-corrected chi connectivity index (χ4v) is 2.94. The van der Waals surface area contributed by atoms with Crippen LogP contribution in [-0.2, 0) is 13.6 Å². The second-order valence-corrected chi connectivity index (χ2v) is 6.16. The molecule has 1 aliphatic heterocycles. The normalized spacial score (nSPS) is 15.7. The van der Waals surface area contributed by atoms with E-state index in [1.807, 2.05) is 26.4 Å². The molecular formula is C16H20N8O. The van der Waals surface area contributed by atoms with E-state index in [0.717, 1.165) is 49.1 Å². The SMILES string of the molecule is Cc1nc(CN2CCN(c3cncc(-c4cnn(C)c4)n3)CC2)no1. The van der Waals surface area contributed by atoms with Crippen LogP contribution < -0.4 is 4.90 Å². The summed E-state index contributed by atoms with van der Waals surface area (Å²) in [7, 11) is 1.89. The van der Waals surface area contributed by atoms with Crippen LogP contribution in [-0.4, -0.2) is 61.0 Å². The lowest BCUT2D eigenvalue weighted by Gasteiger charge is -2.34. The third kappa shape index (κ3) is 3.50. The van der Waals surface area contributed by atoms with Crippen LogP contribution in [0.3, 0.4) is 0 Å². The summed E-state index contributed by atoms with van der Waals surface area (Å²) in [4.78, 5) is 17.9. The van der Waals surface area contributed by atoms with Gasteiger partial charge in [0.25, 0.3) is 0 Å². The summed E-state index contributed by atoms with van der Waals surface area (Å²) >= 11 is 0. The first-order chi connectivity index (χ1) is 12.2. The summed E-state index contributed by atoms with van der Waals surface area (Å²) in [5.74, 6) is 2.25. The zero-order valence-corrected chi connectivity index (χ0v) is 14.3. The number of hydrogen-bond acceptors (Lipinski definition) is 8. The van der Waals surface area contributed by atoms with Crippen LogP contribution in [0.5, 0.6) is 0 Å². The molecule has 3 aromatic heterocycles. The summed E-state index contributed by atoms with van der Waals surface area (Å²) < 4.78 is 6.80. The molecule has 0 N–H and O–H groups in total. The van der Waals surface area contributed by atoms with Crippen molar-refractivity contribution in [1.82, 2.24) is 34.8 Å². The van der Waals surface area contributed by atoms with Crippen LogP contribution in [0.1, 0.15) is 11.7 Å². The number of rotatable bonds is 4. The molecule has 25 heavy (non-hydrogen) atoms. The van der Waals surface area contributed by atoms with Crippen molar-refractivity contribution in [2.45, 2.75) is 13.5 Å². The van der Waals surface area contributed by atoms with Crippen LogP contribution in [0.15, 0.2) is 29.3 Å². The molecule has 0 bridgehead atoms. The number of hydrogen-bond donors (Lipinski definition) is 0. The number of aryl methyl sites for hydroxylation is 2. The van der Waals surface area contributed by atoms with Gasteiger partial charge in [0, 0.05) is 51.9 Å². The fraction of sp³-hybridized carbons (Fsp3) is 0.438. The van der Waals surface area contributed by atoms with Gasteiger partial charge >= 0.3 is 0 Å². The average molecular weight is 340 g/mol. The molecule has 0 spiro atoms. The summed E-state index contributed by atoms with van der Waals surface area (Å²) in [5.41, 5.74) is 1.82. The average Bonchev–Trinajstić information content (AvgIpc) is 3.24. The van der Waals surface area contributed by atoms with E-state index in [1.165, 1.54) is 0 Å². The molecule has 1 fully saturated rings. The molecular weight excluding hydrogens is 320 g/mol. The van der Waals surface area contributed by atoms with E-state index in [-0.39, 0.29) is 0 Å². The number of nitrogens with zero attached hydrogens (tertiary/aromatic N) is 8. The minimum absolute atomic E-state index is 0.608. The van der Waals surface area contributed by atoms with Gasteiger partial charge in [0.05, 0.1) is 30.8 Å². The van der Waals surface area contributed by atoms with E-state index < -0.39 is 0 Å². The molecule has 0 saturated carbocycles. The first kappa shape index (κ1) is 15.7. The highest BCUT2D eigenvalue weighted by Gasteiger charge is 2.20. The standard InChI is InChI=1S/C16H20N8O/c1-12-19-15(21-25-12)11-23-3-5-24(6-4-23)16-9-17-8-14(20-16)13-7-18-22(2)10-13/h7-10H,3-6,11H2,1-2H3. The monoisotopic (exact) mass is 340 g/mol. The number of piperazine rings is 1. The Balaban J connectivity index is 1.40. The van der Waals surface area contributed by atoms with Crippen molar-refractivity contribution < 1.29 is 4.52 Å². The van der Waals surface area contributed by atoms with Crippen LogP contribution in [0.4, 0.5) is 5.82 Å². The molecule has 130 valence electrons. The molecule has 9 nitrogen and oxygen atoms in total. The fourth-order valence-electron chi connectivity index (χ4n) is 2.94. The lowest BCUT2D eigenvalue weighted by atomic mass is 10.2.